The second-order valence-corrected chi connectivity index (χ2v) is 6.76. The lowest BCUT2D eigenvalue weighted by atomic mass is 10.1. The maximum absolute atomic E-state index is 12.8. The number of rotatable bonds is 3. The number of carbonyl (C=O) groups excluding carboxylic acids is 1. The van der Waals surface area contributed by atoms with Gasteiger partial charge in [0.05, 0.1) is 17.9 Å². The van der Waals surface area contributed by atoms with E-state index < -0.39 is 0 Å². The van der Waals surface area contributed by atoms with E-state index in [1.165, 1.54) is 0 Å². The van der Waals surface area contributed by atoms with E-state index in [-0.39, 0.29) is 5.91 Å². The number of hydrogen-bond donors (Lipinski definition) is 1. The third-order valence-electron chi connectivity index (χ3n) is 4.86. The van der Waals surface area contributed by atoms with Crippen molar-refractivity contribution in [2.24, 2.45) is 7.05 Å². The Balaban J connectivity index is 1.59. The molecule has 1 aliphatic rings. The fourth-order valence-corrected chi connectivity index (χ4v) is 3.26. The Morgan fingerprint density at radius 3 is 2.78 bits per heavy atom. The summed E-state index contributed by atoms with van der Waals surface area (Å²) in [5.74, 6) is 1.29. The number of aryl methyl sites for hydroxylation is 2. The normalized spacial score (nSPS) is 13.1. The molecule has 1 amide bonds. The highest BCUT2D eigenvalue weighted by molar-refractivity contribution is 6.05. The lowest BCUT2D eigenvalue weighted by Crippen LogP contribution is -2.29. The Hall–Kier alpha value is -3.28. The monoisotopic (exact) mass is 362 g/mol. The number of carbonyl (C=O) groups is 1. The van der Waals surface area contributed by atoms with Crippen LogP contribution in [0.25, 0.3) is 11.3 Å². The van der Waals surface area contributed by atoms with Crippen molar-refractivity contribution in [3.63, 3.8) is 0 Å². The molecule has 0 spiro atoms. The van der Waals surface area contributed by atoms with Crippen molar-refractivity contribution in [1.82, 2.24) is 9.78 Å². The predicted molar refractivity (Wildman–Crippen MR) is 107 cm³/mol. The second-order valence-electron chi connectivity index (χ2n) is 6.76. The molecule has 0 unspecified atom stereocenters. The largest absolute Gasteiger partial charge is 0.490 e. The van der Waals surface area contributed by atoms with Gasteiger partial charge < -0.3 is 15.0 Å². The highest BCUT2D eigenvalue weighted by atomic mass is 16.5. The van der Waals surface area contributed by atoms with Gasteiger partial charge in [-0.2, -0.15) is 5.10 Å². The van der Waals surface area contributed by atoms with Crippen LogP contribution < -0.4 is 15.0 Å². The van der Waals surface area contributed by atoms with E-state index in [0.717, 1.165) is 34.8 Å². The van der Waals surface area contributed by atoms with Crippen molar-refractivity contribution in [3.05, 3.63) is 59.7 Å². The van der Waals surface area contributed by atoms with Gasteiger partial charge >= 0.3 is 0 Å². The summed E-state index contributed by atoms with van der Waals surface area (Å²) in [4.78, 5) is 14.9. The minimum atomic E-state index is -0.170. The van der Waals surface area contributed by atoms with E-state index in [1.54, 1.807) is 10.7 Å². The zero-order chi connectivity index (χ0) is 19.0. The first-order chi connectivity index (χ1) is 13.0. The molecule has 1 N–H and O–H groups in total. The smallest absolute Gasteiger partial charge is 0.256 e. The SMILES string of the molecule is Cc1ccccc1-c1cc(NC(=O)c2ccc3c(c2)N(C)CCO3)n(C)n1. The standard InChI is InChI=1S/C21H22N4O2/c1-14-6-4-5-7-16(14)17-13-20(25(3)23-17)22-21(26)15-8-9-19-18(12-15)24(2)10-11-27-19/h4-9,12-13H,10-11H2,1-3H3,(H,22,26). The molecular formula is C21H22N4O2. The molecule has 1 aromatic heterocycles. The summed E-state index contributed by atoms with van der Waals surface area (Å²) < 4.78 is 7.33. The number of likely N-dealkylation sites (N-methyl/N-ethyl adjacent to an activating group) is 1. The Bertz CT molecular complexity index is 1010. The molecule has 1 aliphatic heterocycles. The van der Waals surface area contributed by atoms with Crippen molar-refractivity contribution in [3.8, 4) is 17.0 Å². The summed E-state index contributed by atoms with van der Waals surface area (Å²) in [6, 6.07) is 15.5. The molecule has 0 fully saturated rings. The highest BCUT2D eigenvalue weighted by Crippen LogP contribution is 2.32. The minimum absolute atomic E-state index is 0.170. The molecule has 138 valence electrons. The van der Waals surface area contributed by atoms with Gasteiger partial charge in [0.1, 0.15) is 18.2 Å². The number of aromatic nitrogens is 2. The summed E-state index contributed by atoms with van der Waals surface area (Å²) in [7, 11) is 3.82. The van der Waals surface area contributed by atoms with E-state index in [2.05, 4.69) is 15.3 Å². The summed E-state index contributed by atoms with van der Waals surface area (Å²) in [6.45, 7) is 3.51. The number of nitrogens with zero attached hydrogens (tertiary/aromatic N) is 3. The van der Waals surface area contributed by atoms with Crippen molar-refractivity contribution in [2.75, 3.05) is 30.4 Å². The number of benzene rings is 2. The Morgan fingerprint density at radius 2 is 1.96 bits per heavy atom. The maximum atomic E-state index is 12.8. The molecule has 0 atom stereocenters. The van der Waals surface area contributed by atoms with Crippen LogP contribution in [0.3, 0.4) is 0 Å². The fourth-order valence-electron chi connectivity index (χ4n) is 3.26. The van der Waals surface area contributed by atoms with Gasteiger partial charge in [-0.05, 0) is 30.7 Å². The molecular weight excluding hydrogens is 340 g/mol. The lowest BCUT2D eigenvalue weighted by molar-refractivity contribution is 0.102. The number of hydrogen-bond acceptors (Lipinski definition) is 4. The van der Waals surface area contributed by atoms with Crippen LogP contribution in [-0.2, 0) is 7.05 Å². The third kappa shape index (κ3) is 3.26. The molecule has 0 radical (unpaired) electrons. The van der Waals surface area contributed by atoms with E-state index >= 15 is 0 Å². The van der Waals surface area contributed by atoms with Gasteiger partial charge in [-0.3, -0.25) is 9.48 Å². The summed E-state index contributed by atoms with van der Waals surface area (Å²) in [5.41, 5.74) is 4.56. The predicted octanol–water partition coefficient (Wildman–Crippen LogP) is 3.48. The van der Waals surface area contributed by atoms with E-state index in [9.17, 15) is 4.79 Å². The Labute approximate surface area is 158 Å². The Morgan fingerprint density at radius 1 is 1.15 bits per heavy atom. The number of nitrogens with one attached hydrogen (secondary N) is 1. The zero-order valence-corrected chi connectivity index (χ0v) is 15.7. The molecule has 0 saturated heterocycles. The van der Waals surface area contributed by atoms with Crippen LogP contribution in [0.1, 0.15) is 15.9 Å². The number of amides is 1. The van der Waals surface area contributed by atoms with Crippen LogP contribution in [-0.4, -0.2) is 35.9 Å². The summed E-state index contributed by atoms with van der Waals surface area (Å²) >= 11 is 0. The van der Waals surface area contributed by atoms with Crippen molar-refractivity contribution < 1.29 is 9.53 Å². The van der Waals surface area contributed by atoms with Crippen LogP contribution >= 0.6 is 0 Å². The van der Waals surface area contributed by atoms with Crippen LogP contribution in [0.15, 0.2) is 48.5 Å². The molecule has 2 aromatic carbocycles. The first kappa shape index (κ1) is 17.1. The van der Waals surface area contributed by atoms with Crippen LogP contribution in [0.2, 0.25) is 0 Å². The number of ether oxygens (including phenoxy) is 1. The molecule has 27 heavy (non-hydrogen) atoms. The zero-order valence-electron chi connectivity index (χ0n) is 15.7. The quantitative estimate of drug-likeness (QED) is 0.775. The van der Waals surface area contributed by atoms with Crippen LogP contribution in [0.4, 0.5) is 11.5 Å². The molecule has 2 heterocycles. The Kier molecular flexibility index (Phi) is 4.32. The van der Waals surface area contributed by atoms with Crippen molar-refractivity contribution >= 4 is 17.4 Å². The molecule has 0 bridgehead atoms. The average Bonchev–Trinajstić information content (AvgIpc) is 3.02. The first-order valence-electron chi connectivity index (χ1n) is 8.92. The second kappa shape index (κ2) is 6.79. The van der Waals surface area contributed by atoms with Gasteiger partial charge in [0, 0.05) is 31.3 Å². The maximum Gasteiger partial charge on any atom is 0.256 e. The molecule has 3 aromatic rings. The third-order valence-corrected chi connectivity index (χ3v) is 4.86. The summed E-state index contributed by atoms with van der Waals surface area (Å²) in [6.07, 6.45) is 0. The lowest BCUT2D eigenvalue weighted by Gasteiger charge is -2.27. The number of fused-ring (bicyclic) bond motifs is 1. The topological polar surface area (TPSA) is 59.4 Å². The molecule has 0 saturated carbocycles. The molecule has 0 aliphatic carbocycles. The molecule has 6 nitrogen and oxygen atoms in total. The van der Waals surface area contributed by atoms with Gasteiger partial charge in [0.15, 0.2) is 0 Å². The fraction of sp³-hybridized carbons (Fsp3) is 0.238. The molecule has 4 rings (SSSR count). The summed E-state index contributed by atoms with van der Waals surface area (Å²) in [5, 5.41) is 7.50. The van der Waals surface area contributed by atoms with E-state index in [0.29, 0.717) is 18.0 Å². The van der Waals surface area contributed by atoms with E-state index in [1.807, 2.05) is 63.5 Å². The van der Waals surface area contributed by atoms with Crippen molar-refractivity contribution in [1.29, 1.82) is 0 Å². The van der Waals surface area contributed by atoms with Crippen LogP contribution in [0.5, 0.6) is 5.75 Å². The van der Waals surface area contributed by atoms with Gasteiger partial charge in [-0.25, -0.2) is 0 Å². The van der Waals surface area contributed by atoms with Crippen LogP contribution in [0, 0.1) is 6.92 Å². The first-order valence-corrected chi connectivity index (χ1v) is 8.92. The minimum Gasteiger partial charge on any atom is -0.490 e. The number of anilines is 2. The van der Waals surface area contributed by atoms with Crippen molar-refractivity contribution in [2.45, 2.75) is 6.92 Å². The van der Waals surface area contributed by atoms with Gasteiger partial charge in [-0.1, -0.05) is 24.3 Å². The average molecular weight is 362 g/mol. The highest BCUT2D eigenvalue weighted by Gasteiger charge is 2.18. The van der Waals surface area contributed by atoms with E-state index in [4.69, 9.17) is 4.74 Å². The van der Waals surface area contributed by atoms with Gasteiger partial charge in [0.2, 0.25) is 0 Å². The van der Waals surface area contributed by atoms with Gasteiger partial charge in [-0.15, -0.1) is 0 Å². The van der Waals surface area contributed by atoms with Gasteiger partial charge in [0.25, 0.3) is 5.91 Å². The molecule has 6 heteroatoms.